The molecule has 1 heterocycles. The summed E-state index contributed by atoms with van der Waals surface area (Å²) in [6, 6.07) is 12.5. The molecule has 0 amide bonds. The van der Waals surface area contributed by atoms with Gasteiger partial charge in [-0.3, -0.25) is 4.79 Å². The maximum absolute atomic E-state index is 10.8. The number of carbonyl (C=O) groups is 1. The second-order valence-corrected chi connectivity index (χ2v) is 4.11. The molecule has 2 heteroatoms. The summed E-state index contributed by atoms with van der Waals surface area (Å²) in [5.74, 6) is 0. The molecule has 0 saturated carbocycles. The normalized spacial score (nSPS) is 12.6. The molecule has 0 radical (unpaired) electrons. The number of carbonyl (C=O) groups excluding carboxylic acids is 1. The molecule has 0 aliphatic heterocycles. The van der Waals surface area contributed by atoms with Crippen molar-refractivity contribution in [3.63, 3.8) is 0 Å². The molecule has 0 unspecified atom stereocenters. The molecule has 0 aliphatic carbocycles. The highest BCUT2D eigenvalue weighted by atomic mass is 16.1. The first-order valence-corrected chi connectivity index (χ1v) is 5.82. The van der Waals surface area contributed by atoms with Crippen LogP contribution in [0.1, 0.15) is 6.92 Å². The van der Waals surface area contributed by atoms with Crippen LogP contribution in [0.2, 0.25) is 0 Å². The minimum absolute atomic E-state index is 0.864. The minimum atomic E-state index is 0.864. The highest BCUT2D eigenvalue weighted by molar-refractivity contribution is 6.11. The average molecular weight is 223 g/mol. The first kappa shape index (κ1) is 10.1. The first-order valence-electron chi connectivity index (χ1n) is 5.82. The Morgan fingerprint density at radius 2 is 1.94 bits per heavy atom. The largest absolute Gasteiger partial charge is 0.341 e. The van der Waals surface area contributed by atoms with E-state index in [1.807, 2.05) is 6.07 Å². The Morgan fingerprint density at radius 1 is 1.18 bits per heavy atom. The summed E-state index contributed by atoms with van der Waals surface area (Å²) in [4.78, 5) is 10.8. The molecule has 0 bridgehead atoms. The quantitative estimate of drug-likeness (QED) is 0.612. The van der Waals surface area contributed by atoms with Gasteiger partial charge in [0, 0.05) is 28.9 Å². The molecule has 3 aromatic rings. The van der Waals surface area contributed by atoms with Gasteiger partial charge in [-0.25, -0.2) is 0 Å². The SMILES string of the molecule is CCn1/c(=C/C=O)c2cccc3cccc1c32. The van der Waals surface area contributed by atoms with Crippen LogP contribution in [-0.4, -0.2) is 10.9 Å². The molecule has 0 aliphatic rings. The van der Waals surface area contributed by atoms with Crippen LogP contribution in [0.3, 0.4) is 0 Å². The molecule has 0 atom stereocenters. The van der Waals surface area contributed by atoms with E-state index in [4.69, 9.17) is 0 Å². The van der Waals surface area contributed by atoms with Crippen molar-refractivity contribution in [3.8, 4) is 0 Å². The Morgan fingerprint density at radius 3 is 2.65 bits per heavy atom. The van der Waals surface area contributed by atoms with E-state index in [2.05, 4.69) is 41.8 Å². The minimum Gasteiger partial charge on any atom is -0.341 e. The van der Waals surface area contributed by atoms with Crippen LogP contribution in [0, 0.1) is 0 Å². The van der Waals surface area contributed by atoms with Crippen LogP contribution in [0.5, 0.6) is 0 Å². The molecular weight excluding hydrogens is 210 g/mol. The first-order chi connectivity index (χ1) is 8.36. The smallest absolute Gasteiger partial charge is 0.144 e. The molecule has 0 fully saturated rings. The van der Waals surface area contributed by atoms with Gasteiger partial charge in [0.15, 0.2) is 0 Å². The van der Waals surface area contributed by atoms with E-state index >= 15 is 0 Å². The monoisotopic (exact) mass is 223 g/mol. The number of nitrogens with zero attached hydrogens (tertiary/aromatic N) is 1. The van der Waals surface area contributed by atoms with Crippen LogP contribution < -0.4 is 5.35 Å². The van der Waals surface area contributed by atoms with Crippen LogP contribution in [-0.2, 0) is 11.3 Å². The van der Waals surface area contributed by atoms with E-state index in [9.17, 15) is 4.79 Å². The summed E-state index contributed by atoms with van der Waals surface area (Å²) in [7, 11) is 0. The number of rotatable bonds is 2. The van der Waals surface area contributed by atoms with Crippen molar-refractivity contribution in [2.45, 2.75) is 13.5 Å². The number of aldehydes is 1. The Balaban J connectivity index is 2.68. The van der Waals surface area contributed by atoms with Gasteiger partial charge < -0.3 is 4.57 Å². The fraction of sp³-hybridized carbons (Fsp3) is 0.133. The summed E-state index contributed by atoms with van der Waals surface area (Å²) in [5, 5.41) is 4.65. The Hall–Kier alpha value is -2.09. The summed E-state index contributed by atoms with van der Waals surface area (Å²) in [5.41, 5.74) is 1.20. The fourth-order valence-electron chi connectivity index (χ4n) is 2.62. The molecular formula is C15H13NO. The van der Waals surface area contributed by atoms with E-state index < -0.39 is 0 Å². The summed E-state index contributed by atoms with van der Waals surface area (Å²) in [6.45, 7) is 2.97. The molecule has 2 aromatic carbocycles. The number of aromatic nitrogens is 1. The van der Waals surface area contributed by atoms with Gasteiger partial charge in [0.05, 0.1) is 5.35 Å². The Kier molecular flexibility index (Phi) is 2.22. The lowest BCUT2D eigenvalue weighted by Crippen LogP contribution is -2.15. The highest BCUT2D eigenvalue weighted by Gasteiger charge is 2.09. The van der Waals surface area contributed by atoms with Gasteiger partial charge in [-0.1, -0.05) is 30.3 Å². The standard InChI is InChI=1S/C15H13NO/c1-2-16-13(9-10-17)12-7-3-5-11-6-4-8-14(16)15(11)12/h3-10H,2H2,1H3/b13-9+. The van der Waals surface area contributed by atoms with Crippen LogP contribution in [0.25, 0.3) is 27.8 Å². The van der Waals surface area contributed by atoms with Crippen LogP contribution in [0.15, 0.2) is 36.4 Å². The van der Waals surface area contributed by atoms with Crippen molar-refractivity contribution in [2.75, 3.05) is 0 Å². The molecule has 2 nitrogen and oxygen atoms in total. The molecule has 84 valence electrons. The lowest BCUT2D eigenvalue weighted by Gasteiger charge is -2.01. The number of benzene rings is 2. The maximum Gasteiger partial charge on any atom is 0.144 e. The average Bonchev–Trinajstić information content (AvgIpc) is 2.67. The summed E-state index contributed by atoms with van der Waals surface area (Å²) >= 11 is 0. The van der Waals surface area contributed by atoms with Gasteiger partial charge in [-0.2, -0.15) is 0 Å². The third-order valence-corrected chi connectivity index (χ3v) is 3.28. The zero-order valence-electron chi connectivity index (χ0n) is 9.68. The topological polar surface area (TPSA) is 22.0 Å². The van der Waals surface area contributed by atoms with Gasteiger partial charge in [-0.15, -0.1) is 0 Å². The Labute approximate surface area is 99.1 Å². The zero-order chi connectivity index (χ0) is 11.8. The van der Waals surface area contributed by atoms with Gasteiger partial charge in [0.1, 0.15) is 6.29 Å². The van der Waals surface area contributed by atoms with Crippen molar-refractivity contribution >= 4 is 34.0 Å². The summed E-state index contributed by atoms with van der Waals surface area (Å²) in [6.07, 6.45) is 2.51. The summed E-state index contributed by atoms with van der Waals surface area (Å²) < 4.78 is 2.19. The molecule has 3 rings (SSSR count). The van der Waals surface area contributed by atoms with E-state index in [1.165, 1.54) is 16.3 Å². The second kappa shape index (κ2) is 3.74. The maximum atomic E-state index is 10.8. The fourth-order valence-corrected chi connectivity index (χ4v) is 2.62. The van der Waals surface area contributed by atoms with Crippen molar-refractivity contribution in [3.05, 3.63) is 41.7 Å². The van der Waals surface area contributed by atoms with Crippen molar-refractivity contribution in [2.24, 2.45) is 0 Å². The predicted molar refractivity (Wildman–Crippen MR) is 70.9 cm³/mol. The lowest BCUT2D eigenvalue weighted by molar-refractivity contribution is -0.103. The van der Waals surface area contributed by atoms with Gasteiger partial charge >= 0.3 is 0 Å². The number of aryl methyl sites for hydroxylation is 1. The molecule has 17 heavy (non-hydrogen) atoms. The molecule has 0 N–H and O–H groups in total. The van der Waals surface area contributed by atoms with Crippen LogP contribution >= 0.6 is 0 Å². The third kappa shape index (κ3) is 1.30. The number of hydrogen-bond donors (Lipinski definition) is 0. The molecule has 0 saturated heterocycles. The van der Waals surface area contributed by atoms with Crippen molar-refractivity contribution in [1.82, 2.24) is 4.57 Å². The van der Waals surface area contributed by atoms with Crippen molar-refractivity contribution < 1.29 is 4.79 Å². The van der Waals surface area contributed by atoms with Crippen LogP contribution in [0.4, 0.5) is 0 Å². The molecule has 1 aromatic heterocycles. The highest BCUT2D eigenvalue weighted by Crippen LogP contribution is 2.25. The van der Waals surface area contributed by atoms with Crippen molar-refractivity contribution in [1.29, 1.82) is 0 Å². The Bertz CT molecular complexity index is 747. The second-order valence-electron chi connectivity index (χ2n) is 4.11. The number of hydrogen-bond acceptors (Lipinski definition) is 1. The van der Waals surface area contributed by atoms with Gasteiger partial charge in [-0.05, 0) is 18.4 Å². The van der Waals surface area contributed by atoms with E-state index in [-0.39, 0.29) is 0 Å². The van der Waals surface area contributed by atoms with Gasteiger partial charge in [0.2, 0.25) is 0 Å². The predicted octanol–water partition coefficient (Wildman–Crippen LogP) is 2.51. The van der Waals surface area contributed by atoms with E-state index in [0.29, 0.717) is 0 Å². The lowest BCUT2D eigenvalue weighted by atomic mass is 10.1. The van der Waals surface area contributed by atoms with Gasteiger partial charge in [0.25, 0.3) is 0 Å². The van der Waals surface area contributed by atoms with E-state index in [0.717, 1.165) is 23.6 Å². The van der Waals surface area contributed by atoms with E-state index in [1.54, 1.807) is 6.08 Å². The zero-order valence-corrected chi connectivity index (χ0v) is 9.68. The molecule has 0 spiro atoms. The third-order valence-electron chi connectivity index (χ3n) is 3.28.